The summed E-state index contributed by atoms with van der Waals surface area (Å²) in [5.74, 6) is 0. The number of anilines is 1. The minimum absolute atomic E-state index is 0.164. The molecule has 6 nitrogen and oxygen atoms in total. The fourth-order valence-electron chi connectivity index (χ4n) is 1.79. The Labute approximate surface area is 104 Å². The Morgan fingerprint density at radius 2 is 2.29 bits per heavy atom. The van der Waals surface area contributed by atoms with Gasteiger partial charge in [-0.15, -0.1) is 0 Å². The third-order valence-corrected chi connectivity index (χ3v) is 3.16. The van der Waals surface area contributed by atoms with Crippen LogP contribution in [0.1, 0.15) is 0 Å². The molecule has 94 valence electrons. The van der Waals surface area contributed by atoms with Crippen LogP contribution in [-0.4, -0.2) is 49.6 Å². The first-order valence-electron chi connectivity index (χ1n) is 5.66. The van der Waals surface area contributed by atoms with Crippen molar-refractivity contribution in [1.29, 1.82) is 0 Å². The molecule has 7 heteroatoms. The number of aromatic nitrogens is 2. The highest BCUT2D eigenvalue weighted by molar-refractivity contribution is 6.32. The number of nitrogens with one attached hydrogen (secondary N) is 3. The third kappa shape index (κ3) is 3.42. The summed E-state index contributed by atoms with van der Waals surface area (Å²) < 4.78 is 5.28. The molecule has 17 heavy (non-hydrogen) atoms. The van der Waals surface area contributed by atoms with Gasteiger partial charge in [0.2, 0.25) is 0 Å². The molecule has 1 saturated heterocycles. The van der Waals surface area contributed by atoms with Crippen LogP contribution >= 0.6 is 11.6 Å². The van der Waals surface area contributed by atoms with Crippen LogP contribution in [0.3, 0.4) is 0 Å². The summed E-state index contributed by atoms with van der Waals surface area (Å²) in [5, 5.41) is 9.27. The van der Waals surface area contributed by atoms with E-state index in [1.54, 1.807) is 0 Å². The first kappa shape index (κ1) is 12.3. The Hall–Kier alpha value is -1.11. The van der Waals surface area contributed by atoms with Crippen molar-refractivity contribution >= 4 is 17.3 Å². The Morgan fingerprint density at radius 3 is 3.06 bits per heavy atom. The number of hydrogen-bond donors (Lipinski definition) is 3. The Kier molecular flexibility index (Phi) is 4.36. The van der Waals surface area contributed by atoms with Gasteiger partial charge >= 0.3 is 0 Å². The molecule has 3 N–H and O–H groups in total. The quantitative estimate of drug-likeness (QED) is 0.632. The summed E-state index contributed by atoms with van der Waals surface area (Å²) in [6.07, 6.45) is 1.53. The van der Waals surface area contributed by atoms with Gasteiger partial charge in [-0.2, -0.15) is 5.10 Å². The molecular formula is C10H16ClN4O2+. The first-order valence-corrected chi connectivity index (χ1v) is 6.03. The molecule has 1 aromatic heterocycles. The standard InChI is InChI=1S/C10H15ClN4O2/c11-9-8(7-13-14-10(9)16)12-1-2-15-3-5-17-6-4-15/h7H,1-6H2,(H2,12,14,16)/p+1. The number of rotatable bonds is 4. The molecule has 1 aliphatic rings. The highest BCUT2D eigenvalue weighted by Crippen LogP contribution is 2.13. The molecule has 2 heterocycles. The van der Waals surface area contributed by atoms with Crippen LogP contribution in [0.4, 0.5) is 5.69 Å². The number of quaternary nitrogens is 1. The molecule has 0 saturated carbocycles. The van der Waals surface area contributed by atoms with E-state index >= 15 is 0 Å². The second-order valence-electron chi connectivity index (χ2n) is 3.97. The molecule has 0 aromatic carbocycles. The van der Waals surface area contributed by atoms with Crippen molar-refractivity contribution in [3.63, 3.8) is 0 Å². The van der Waals surface area contributed by atoms with Gasteiger partial charge in [0, 0.05) is 0 Å². The maximum absolute atomic E-state index is 11.2. The van der Waals surface area contributed by atoms with Crippen molar-refractivity contribution in [3.05, 3.63) is 21.6 Å². The van der Waals surface area contributed by atoms with Crippen LogP contribution in [0.25, 0.3) is 0 Å². The number of ether oxygens (including phenoxy) is 1. The minimum atomic E-state index is -0.365. The van der Waals surface area contributed by atoms with Crippen LogP contribution in [0.2, 0.25) is 5.02 Å². The van der Waals surface area contributed by atoms with Gasteiger partial charge < -0.3 is 15.0 Å². The minimum Gasteiger partial charge on any atom is -0.377 e. The van der Waals surface area contributed by atoms with Crippen LogP contribution in [0.15, 0.2) is 11.0 Å². The Bertz CT molecular complexity index is 417. The van der Waals surface area contributed by atoms with E-state index < -0.39 is 0 Å². The number of halogens is 1. The van der Waals surface area contributed by atoms with Gasteiger partial charge in [0.25, 0.3) is 5.56 Å². The van der Waals surface area contributed by atoms with Crippen LogP contribution in [0, 0.1) is 0 Å². The molecule has 0 spiro atoms. The van der Waals surface area contributed by atoms with Gasteiger partial charge in [0.05, 0.1) is 38.2 Å². The van der Waals surface area contributed by atoms with Gasteiger partial charge in [0.15, 0.2) is 0 Å². The van der Waals surface area contributed by atoms with Crippen LogP contribution in [0.5, 0.6) is 0 Å². The van der Waals surface area contributed by atoms with Crippen molar-refractivity contribution in [3.8, 4) is 0 Å². The molecular weight excluding hydrogens is 244 g/mol. The average Bonchev–Trinajstić information content (AvgIpc) is 2.36. The van der Waals surface area contributed by atoms with E-state index in [2.05, 4.69) is 15.5 Å². The lowest BCUT2D eigenvalue weighted by atomic mass is 10.4. The molecule has 0 amide bonds. The third-order valence-electron chi connectivity index (χ3n) is 2.79. The summed E-state index contributed by atoms with van der Waals surface area (Å²) in [7, 11) is 0. The normalized spacial score (nSPS) is 17.0. The number of H-pyrrole nitrogens is 1. The molecule has 0 unspecified atom stereocenters. The van der Waals surface area contributed by atoms with E-state index in [-0.39, 0.29) is 10.6 Å². The SMILES string of the molecule is O=c1[nH]ncc(NCC[NH+]2CCOCC2)c1Cl. The topological polar surface area (TPSA) is 71.5 Å². The van der Waals surface area contributed by atoms with Crippen LogP contribution < -0.4 is 15.8 Å². The molecule has 0 bridgehead atoms. The predicted octanol–water partition coefficient (Wildman–Crippen LogP) is -1.25. The lowest BCUT2D eigenvalue weighted by Gasteiger charge is -2.23. The zero-order chi connectivity index (χ0) is 12.1. The number of morpholine rings is 1. The Balaban J connectivity index is 1.81. The number of hydrogen-bond acceptors (Lipinski definition) is 4. The van der Waals surface area contributed by atoms with E-state index in [0.717, 1.165) is 39.4 Å². The van der Waals surface area contributed by atoms with Crippen LogP contribution in [-0.2, 0) is 4.74 Å². The summed E-state index contributed by atoms with van der Waals surface area (Å²) >= 11 is 5.84. The summed E-state index contributed by atoms with van der Waals surface area (Å²) in [5.41, 5.74) is 0.221. The lowest BCUT2D eigenvalue weighted by molar-refractivity contribution is -0.906. The molecule has 0 aliphatic carbocycles. The zero-order valence-electron chi connectivity index (χ0n) is 9.46. The maximum Gasteiger partial charge on any atom is 0.285 e. The highest BCUT2D eigenvalue weighted by atomic mass is 35.5. The number of aromatic amines is 1. The highest BCUT2D eigenvalue weighted by Gasteiger charge is 2.13. The van der Waals surface area contributed by atoms with Gasteiger partial charge in [-0.1, -0.05) is 11.6 Å². The summed E-state index contributed by atoms with van der Waals surface area (Å²) in [6, 6.07) is 0. The van der Waals surface area contributed by atoms with E-state index in [4.69, 9.17) is 16.3 Å². The molecule has 0 radical (unpaired) electrons. The second-order valence-corrected chi connectivity index (χ2v) is 4.34. The summed E-state index contributed by atoms with van der Waals surface area (Å²) in [6.45, 7) is 5.45. The van der Waals surface area contributed by atoms with Crippen molar-refractivity contribution in [1.82, 2.24) is 10.2 Å². The van der Waals surface area contributed by atoms with Crippen molar-refractivity contribution in [2.24, 2.45) is 0 Å². The smallest absolute Gasteiger partial charge is 0.285 e. The fraction of sp³-hybridized carbons (Fsp3) is 0.600. The first-order chi connectivity index (χ1) is 8.27. The summed E-state index contributed by atoms with van der Waals surface area (Å²) in [4.78, 5) is 12.7. The zero-order valence-corrected chi connectivity index (χ0v) is 10.2. The van der Waals surface area contributed by atoms with Gasteiger partial charge in [-0.05, 0) is 0 Å². The molecule has 1 aliphatic heterocycles. The molecule has 0 atom stereocenters. The van der Waals surface area contributed by atoms with Crippen molar-refractivity contribution < 1.29 is 9.64 Å². The van der Waals surface area contributed by atoms with E-state index in [1.165, 1.54) is 11.1 Å². The molecule has 1 aromatic rings. The van der Waals surface area contributed by atoms with Gasteiger partial charge in [-0.25, -0.2) is 5.10 Å². The molecule has 1 fully saturated rings. The maximum atomic E-state index is 11.2. The number of nitrogens with zero attached hydrogens (tertiary/aromatic N) is 1. The van der Waals surface area contributed by atoms with E-state index in [0.29, 0.717) is 5.69 Å². The van der Waals surface area contributed by atoms with E-state index in [9.17, 15) is 4.79 Å². The van der Waals surface area contributed by atoms with Gasteiger partial charge in [0.1, 0.15) is 18.1 Å². The van der Waals surface area contributed by atoms with Crippen molar-refractivity contribution in [2.75, 3.05) is 44.7 Å². The van der Waals surface area contributed by atoms with E-state index in [1.807, 2.05) is 0 Å². The lowest BCUT2D eigenvalue weighted by Crippen LogP contribution is -3.14. The van der Waals surface area contributed by atoms with Gasteiger partial charge in [-0.3, -0.25) is 4.79 Å². The largest absolute Gasteiger partial charge is 0.377 e. The predicted molar refractivity (Wildman–Crippen MR) is 64.7 cm³/mol. The van der Waals surface area contributed by atoms with Crippen molar-refractivity contribution in [2.45, 2.75) is 0 Å². The monoisotopic (exact) mass is 259 g/mol. The molecule has 2 rings (SSSR count). The average molecular weight is 260 g/mol. The Morgan fingerprint density at radius 1 is 1.53 bits per heavy atom. The fourth-order valence-corrected chi connectivity index (χ4v) is 1.95. The second kappa shape index (κ2) is 6.00.